The highest BCUT2D eigenvalue weighted by Gasteiger charge is 1.81. The van der Waals surface area contributed by atoms with E-state index in [1.54, 1.807) is 0 Å². The first-order valence-electron chi connectivity index (χ1n) is 2.82. The van der Waals surface area contributed by atoms with Gasteiger partial charge in [-0.05, 0) is 13.0 Å². The zero-order valence-corrected chi connectivity index (χ0v) is 6.10. The van der Waals surface area contributed by atoms with Crippen molar-refractivity contribution in [3.8, 4) is 0 Å². The lowest BCUT2D eigenvalue weighted by molar-refractivity contribution is 0.803. The summed E-state index contributed by atoms with van der Waals surface area (Å²) in [5.74, 6) is 0. The Morgan fingerprint density at radius 1 is 1.29 bits per heavy atom. The molecule has 0 radical (unpaired) electrons. The van der Waals surface area contributed by atoms with Crippen LogP contribution in [0.25, 0.3) is 0 Å². The molecule has 3 heteroatoms. The van der Waals surface area contributed by atoms with Gasteiger partial charge in [-0.2, -0.15) is 0 Å². The Balaban J connectivity index is 2.45. The molecule has 7 heavy (non-hydrogen) atoms. The van der Waals surface area contributed by atoms with E-state index in [-0.39, 0.29) is 9.68 Å². The summed E-state index contributed by atoms with van der Waals surface area (Å²) < 4.78 is 0. The molecule has 0 atom stereocenters. The molecular weight excluding hydrogens is 104 g/mol. The van der Waals surface area contributed by atoms with Gasteiger partial charge >= 0.3 is 0 Å². The Labute approximate surface area is 47.2 Å². The molecule has 0 aliphatic heterocycles. The van der Waals surface area contributed by atoms with E-state index in [1.807, 2.05) is 0 Å². The first kappa shape index (κ1) is 7.14. The highest BCUT2D eigenvalue weighted by Crippen LogP contribution is 1.88. The second-order valence-electron chi connectivity index (χ2n) is 1.64. The zero-order valence-electron chi connectivity index (χ0n) is 4.69. The number of rotatable bonds is 4. The van der Waals surface area contributed by atoms with Gasteiger partial charge in [-0.1, -0.05) is 12.5 Å². The van der Waals surface area contributed by atoms with Crippen molar-refractivity contribution >= 4 is 9.68 Å². The van der Waals surface area contributed by atoms with Crippen molar-refractivity contribution in [2.45, 2.75) is 18.9 Å². The molecular formula is C4H14N2Si. The van der Waals surface area contributed by atoms with E-state index in [1.165, 1.54) is 12.5 Å². The SMILES string of the molecule is NCCCC[SiH2]N. The van der Waals surface area contributed by atoms with E-state index in [0.29, 0.717) is 0 Å². The average Bonchev–Trinajstić information content (AvgIpc) is 1.69. The van der Waals surface area contributed by atoms with Gasteiger partial charge < -0.3 is 11.1 Å². The molecule has 0 fully saturated rings. The van der Waals surface area contributed by atoms with Crippen LogP contribution in [0.5, 0.6) is 0 Å². The summed E-state index contributed by atoms with van der Waals surface area (Å²) in [6.45, 7) is 0.828. The quantitative estimate of drug-likeness (QED) is 0.374. The number of hydrogen-bond donors (Lipinski definition) is 2. The van der Waals surface area contributed by atoms with E-state index in [0.717, 1.165) is 13.0 Å². The van der Waals surface area contributed by atoms with Gasteiger partial charge in [0.05, 0.1) is 9.68 Å². The van der Waals surface area contributed by atoms with Crippen molar-refractivity contribution in [1.29, 1.82) is 0 Å². The van der Waals surface area contributed by atoms with E-state index in [9.17, 15) is 0 Å². The van der Waals surface area contributed by atoms with Crippen LogP contribution in [0.2, 0.25) is 6.04 Å². The molecule has 0 unspecified atom stereocenters. The molecule has 0 aromatic rings. The predicted octanol–water partition coefficient (Wildman–Crippen LogP) is -0.814. The Morgan fingerprint density at radius 2 is 2.00 bits per heavy atom. The Bertz CT molecular complexity index is 28.9. The lowest BCUT2D eigenvalue weighted by Crippen LogP contribution is -2.05. The van der Waals surface area contributed by atoms with Crippen molar-refractivity contribution in [2.24, 2.45) is 11.1 Å². The lowest BCUT2D eigenvalue weighted by Gasteiger charge is -1.90. The van der Waals surface area contributed by atoms with Crippen molar-refractivity contribution in [1.82, 2.24) is 0 Å². The normalized spacial score (nSPS) is 11.1. The van der Waals surface area contributed by atoms with Gasteiger partial charge in [-0.25, -0.2) is 0 Å². The molecule has 0 spiro atoms. The number of nitrogens with two attached hydrogens (primary N) is 2. The molecule has 44 valence electrons. The van der Waals surface area contributed by atoms with Gasteiger partial charge in [0.1, 0.15) is 0 Å². The highest BCUT2D eigenvalue weighted by atomic mass is 28.2. The second-order valence-corrected chi connectivity index (χ2v) is 2.92. The molecule has 0 aliphatic carbocycles. The fourth-order valence-electron chi connectivity index (χ4n) is 0.465. The first-order chi connectivity index (χ1) is 3.41. The number of unbranched alkanes of at least 4 members (excludes halogenated alkanes) is 1. The van der Waals surface area contributed by atoms with Crippen LogP contribution < -0.4 is 11.1 Å². The fraction of sp³-hybridized carbons (Fsp3) is 1.00. The number of hydrogen-bond acceptors (Lipinski definition) is 2. The highest BCUT2D eigenvalue weighted by molar-refractivity contribution is 6.30. The van der Waals surface area contributed by atoms with E-state index in [2.05, 4.69) is 0 Å². The van der Waals surface area contributed by atoms with Crippen LogP contribution in [0.3, 0.4) is 0 Å². The fourth-order valence-corrected chi connectivity index (χ4v) is 1.11. The summed E-state index contributed by atoms with van der Waals surface area (Å²) >= 11 is 0. The Morgan fingerprint density at radius 3 is 2.43 bits per heavy atom. The minimum absolute atomic E-state index is 0.162. The van der Waals surface area contributed by atoms with Gasteiger partial charge in [-0.3, -0.25) is 0 Å². The zero-order chi connectivity index (χ0) is 5.54. The molecule has 0 aromatic heterocycles. The van der Waals surface area contributed by atoms with E-state index < -0.39 is 0 Å². The molecule has 2 nitrogen and oxygen atoms in total. The molecule has 0 heterocycles. The molecule has 0 aliphatic rings. The van der Waals surface area contributed by atoms with Gasteiger partial charge in [0.2, 0.25) is 0 Å². The van der Waals surface area contributed by atoms with Crippen molar-refractivity contribution < 1.29 is 0 Å². The standard InChI is InChI=1S/C4H14N2Si/c5-3-1-2-4-7-6/h1-7H2. The molecule has 0 saturated heterocycles. The maximum absolute atomic E-state index is 5.37. The maximum Gasteiger partial charge on any atom is 0.0887 e. The Hall–Kier alpha value is 0.137. The summed E-state index contributed by atoms with van der Waals surface area (Å²) in [6.07, 6.45) is 2.41. The van der Waals surface area contributed by atoms with Crippen LogP contribution in [0.1, 0.15) is 12.8 Å². The van der Waals surface area contributed by atoms with Crippen LogP contribution in [0.4, 0.5) is 0 Å². The minimum atomic E-state index is -0.162. The molecule has 0 rings (SSSR count). The molecule has 0 bridgehead atoms. The van der Waals surface area contributed by atoms with E-state index >= 15 is 0 Å². The van der Waals surface area contributed by atoms with Crippen LogP contribution in [-0.4, -0.2) is 16.2 Å². The van der Waals surface area contributed by atoms with Gasteiger partial charge in [0, 0.05) is 0 Å². The summed E-state index contributed by atoms with van der Waals surface area (Å²) in [5.41, 5.74) is 5.24. The van der Waals surface area contributed by atoms with Crippen LogP contribution >= 0.6 is 0 Å². The minimum Gasteiger partial charge on any atom is -0.356 e. The monoisotopic (exact) mass is 118 g/mol. The third-order valence-electron chi connectivity index (χ3n) is 0.908. The lowest BCUT2D eigenvalue weighted by atomic mass is 10.3. The smallest absolute Gasteiger partial charge is 0.0887 e. The van der Waals surface area contributed by atoms with Gasteiger partial charge in [-0.15, -0.1) is 0 Å². The molecule has 0 amide bonds. The third kappa shape index (κ3) is 6.14. The summed E-state index contributed by atoms with van der Waals surface area (Å²) in [4.78, 5) is 0. The molecule has 4 N–H and O–H groups in total. The van der Waals surface area contributed by atoms with Crippen LogP contribution in [0, 0.1) is 0 Å². The topological polar surface area (TPSA) is 52.0 Å². The Kier molecular flexibility index (Phi) is 6.26. The van der Waals surface area contributed by atoms with Crippen molar-refractivity contribution in [3.05, 3.63) is 0 Å². The summed E-state index contributed by atoms with van der Waals surface area (Å²) in [6, 6.07) is 1.26. The first-order valence-corrected chi connectivity index (χ1v) is 4.63. The van der Waals surface area contributed by atoms with E-state index in [4.69, 9.17) is 11.1 Å². The van der Waals surface area contributed by atoms with Crippen molar-refractivity contribution in [2.75, 3.05) is 6.54 Å². The maximum atomic E-state index is 5.37. The largest absolute Gasteiger partial charge is 0.356 e. The van der Waals surface area contributed by atoms with Crippen LogP contribution in [0.15, 0.2) is 0 Å². The molecule has 0 aromatic carbocycles. The third-order valence-corrected chi connectivity index (χ3v) is 1.82. The summed E-state index contributed by atoms with van der Waals surface area (Å²) in [5, 5.41) is 5.37. The van der Waals surface area contributed by atoms with Gasteiger partial charge in [0.25, 0.3) is 0 Å². The second kappa shape index (κ2) is 6.14. The molecule has 0 saturated carbocycles. The predicted molar refractivity (Wildman–Crippen MR) is 35.8 cm³/mol. The van der Waals surface area contributed by atoms with Crippen molar-refractivity contribution in [3.63, 3.8) is 0 Å². The van der Waals surface area contributed by atoms with Gasteiger partial charge in [0.15, 0.2) is 0 Å². The van der Waals surface area contributed by atoms with Crippen LogP contribution in [-0.2, 0) is 0 Å². The summed E-state index contributed by atoms with van der Waals surface area (Å²) in [7, 11) is -0.162. The average molecular weight is 118 g/mol.